The number of thioether (sulfide) groups is 1. The lowest BCUT2D eigenvalue weighted by Gasteiger charge is -2.13. The smallest absolute Gasteiger partial charge is 0.293 e. The number of imide groups is 1. The Morgan fingerprint density at radius 2 is 1.92 bits per heavy atom. The highest BCUT2D eigenvalue weighted by Gasteiger charge is 2.35. The maximum atomic E-state index is 12.6. The zero-order valence-corrected chi connectivity index (χ0v) is 16.4. The van der Waals surface area contributed by atoms with Crippen LogP contribution < -0.4 is 4.74 Å². The zero-order chi connectivity index (χ0) is 18.8. The Balaban J connectivity index is 1.84. The van der Waals surface area contributed by atoms with Gasteiger partial charge in [-0.05, 0) is 59.7 Å². The van der Waals surface area contributed by atoms with E-state index < -0.39 is 0 Å². The van der Waals surface area contributed by atoms with E-state index in [4.69, 9.17) is 27.9 Å². The number of halogens is 2. The highest BCUT2D eigenvalue weighted by Crippen LogP contribution is 2.35. The number of amides is 2. The van der Waals surface area contributed by atoms with E-state index in [1.807, 2.05) is 25.1 Å². The first-order valence-electron chi connectivity index (χ1n) is 7.73. The van der Waals surface area contributed by atoms with Crippen molar-refractivity contribution in [2.24, 2.45) is 0 Å². The summed E-state index contributed by atoms with van der Waals surface area (Å²) in [5, 5.41) is 0.594. The van der Waals surface area contributed by atoms with Crippen LogP contribution in [-0.2, 0) is 11.3 Å². The van der Waals surface area contributed by atoms with Crippen LogP contribution in [0.3, 0.4) is 0 Å². The van der Waals surface area contributed by atoms with Gasteiger partial charge in [-0.15, -0.1) is 0 Å². The van der Waals surface area contributed by atoms with Crippen molar-refractivity contribution in [3.05, 3.63) is 68.0 Å². The van der Waals surface area contributed by atoms with Crippen molar-refractivity contribution in [2.75, 3.05) is 7.11 Å². The number of hydrogen-bond acceptors (Lipinski definition) is 4. The summed E-state index contributed by atoms with van der Waals surface area (Å²) in [6.45, 7) is 2.04. The van der Waals surface area contributed by atoms with E-state index in [0.717, 1.165) is 28.6 Å². The molecule has 0 bridgehead atoms. The molecule has 2 amide bonds. The maximum absolute atomic E-state index is 12.6. The average Bonchev–Trinajstić information content (AvgIpc) is 2.86. The van der Waals surface area contributed by atoms with Gasteiger partial charge in [-0.2, -0.15) is 0 Å². The molecule has 3 rings (SSSR count). The topological polar surface area (TPSA) is 46.6 Å². The van der Waals surface area contributed by atoms with Gasteiger partial charge in [0.2, 0.25) is 0 Å². The number of nitrogens with zero attached hydrogens (tertiary/aromatic N) is 1. The van der Waals surface area contributed by atoms with Crippen molar-refractivity contribution < 1.29 is 14.3 Å². The molecule has 1 fully saturated rings. The quantitative estimate of drug-likeness (QED) is 0.623. The SMILES string of the molecule is COc1cc(/C=C2/SC(=O)N(Cc3ccc(Cl)cc3Cl)C2=O)ccc1C. The summed E-state index contributed by atoms with van der Waals surface area (Å²) in [5.41, 5.74) is 2.45. The second-order valence-corrected chi connectivity index (χ2v) is 7.57. The van der Waals surface area contributed by atoms with Crippen LogP contribution in [0.25, 0.3) is 6.08 Å². The van der Waals surface area contributed by atoms with Crippen LogP contribution in [0.1, 0.15) is 16.7 Å². The standard InChI is InChI=1S/C19H15Cl2NO3S/c1-11-3-4-12(7-16(11)25-2)8-17-18(23)22(19(24)26-17)10-13-5-6-14(20)9-15(13)21/h3-9H,10H2,1-2H3/b17-8+. The van der Waals surface area contributed by atoms with Crippen molar-refractivity contribution in [2.45, 2.75) is 13.5 Å². The molecule has 7 heteroatoms. The fourth-order valence-corrected chi connectivity index (χ4v) is 3.84. The van der Waals surface area contributed by atoms with Crippen LogP contribution in [0, 0.1) is 6.92 Å². The van der Waals surface area contributed by atoms with Crippen molar-refractivity contribution in [1.82, 2.24) is 4.90 Å². The van der Waals surface area contributed by atoms with Crippen LogP contribution in [0.2, 0.25) is 10.0 Å². The van der Waals surface area contributed by atoms with Crippen molar-refractivity contribution in [3.8, 4) is 5.75 Å². The van der Waals surface area contributed by atoms with E-state index in [2.05, 4.69) is 0 Å². The minimum absolute atomic E-state index is 0.106. The number of benzene rings is 2. The lowest BCUT2D eigenvalue weighted by molar-refractivity contribution is -0.123. The molecule has 0 saturated carbocycles. The average molecular weight is 408 g/mol. The van der Waals surface area contributed by atoms with Gasteiger partial charge in [0.15, 0.2) is 0 Å². The Morgan fingerprint density at radius 1 is 1.15 bits per heavy atom. The molecule has 1 saturated heterocycles. The summed E-state index contributed by atoms with van der Waals surface area (Å²) in [4.78, 5) is 26.5. The molecule has 0 atom stereocenters. The normalized spacial score (nSPS) is 15.8. The molecule has 0 radical (unpaired) electrons. The highest BCUT2D eigenvalue weighted by molar-refractivity contribution is 8.18. The molecule has 2 aromatic rings. The van der Waals surface area contributed by atoms with E-state index in [-0.39, 0.29) is 17.7 Å². The molecule has 26 heavy (non-hydrogen) atoms. The second-order valence-electron chi connectivity index (χ2n) is 5.73. The third-order valence-corrected chi connectivity index (χ3v) is 5.44. The summed E-state index contributed by atoms with van der Waals surface area (Å²) < 4.78 is 5.30. The molecular weight excluding hydrogens is 393 g/mol. The molecule has 0 N–H and O–H groups in total. The number of methoxy groups -OCH3 is 1. The predicted octanol–water partition coefficient (Wildman–Crippen LogP) is 5.55. The molecule has 1 aliphatic heterocycles. The first kappa shape index (κ1) is 18.8. The number of rotatable bonds is 4. The van der Waals surface area contributed by atoms with E-state index in [1.54, 1.807) is 31.4 Å². The number of carbonyl (C=O) groups is 2. The van der Waals surface area contributed by atoms with Gasteiger partial charge in [0.1, 0.15) is 5.75 Å². The van der Waals surface area contributed by atoms with Crippen molar-refractivity contribution >= 4 is 52.2 Å². The summed E-state index contributed by atoms with van der Waals surface area (Å²) in [6.07, 6.45) is 1.69. The third-order valence-electron chi connectivity index (χ3n) is 3.95. The number of aryl methyl sites for hydroxylation is 1. The van der Waals surface area contributed by atoms with Crippen molar-refractivity contribution in [1.29, 1.82) is 0 Å². The molecule has 4 nitrogen and oxygen atoms in total. The fourth-order valence-electron chi connectivity index (χ4n) is 2.53. The molecule has 134 valence electrons. The summed E-state index contributed by atoms with van der Waals surface area (Å²) >= 11 is 12.9. The molecular formula is C19H15Cl2NO3S. The van der Waals surface area contributed by atoms with E-state index in [1.165, 1.54) is 4.90 Å². The first-order chi connectivity index (χ1) is 12.4. The monoisotopic (exact) mass is 407 g/mol. The Labute approximate surface area is 165 Å². The van der Waals surface area contributed by atoms with Crippen molar-refractivity contribution in [3.63, 3.8) is 0 Å². The highest BCUT2D eigenvalue weighted by atomic mass is 35.5. The van der Waals surface area contributed by atoms with Gasteiger partial charge in [0.25, 0.3) is 11.1 Å². The van der Waals surface area contributed by atoms with Crippen LogP contribution in [-0.4, -0.2) is 23.2 Å². The Hall–Kier alpha value is -1.95. The summed E-state index contributed by atoms with van der Waals surface area (Å²) in [6, 6.07) is 10.6. The van der Waals surface area contributed by atoms with Gasteiger partial charge in [0.05, 0.1) is 18.6 Å². The molecule has 0 aromatic heterocycles. The Bertz CT molecular complexity index is 927. The lowest BCUT2D eigenvalue weighted by Crippen LogP contribution is -2.27. The molecule has 0 spiro atoms. The number of hydrogen-bond donors (Lipinski definition) is 0. The van der Waals surface area contributed by atoms with Crippen LogP contribution in [0.4, 0.5) is 4.79 Å². The molecule has 1 aliphatic rings. The predicted molar refractivity (Wildman–Crippen MR) is 106 cm³/mol. The number of ether oxygens (including phenoxy) is 1. The van der Waals surface area contributed by atoms with E-state index in [9.17, 15) is 9.59 Å². The second kappa shape index (κ2) is 7.74. The summed E-state index contributed by atoms with van der Waals surface area (Å²) in [7, 11) is 1.59. The largest absolute Gasteiger partial charge is 0.496 e. The third kappa shape index (κ3) is 3.90. The molecule has 2 aromatic carbocycles. The van der Waals surface area contributed by atoms with Gasteiger partial charge in [-0.25, -0.2) is 0 Å². The van der Waals surface area contributed by atoms with Gasteiger partial charge in [-0.3, -0.25) is 14.5 Å². The molecule has 1 heterocycles. The number of carbonyl (C=O) groups excluding carboxylic acids is 2. The Morgan fingerprint density at radius 3 is 2.62 bits per heavy atom. The van der Waals surface area contributed by atoms with E-state index in [0.29, 0.717) is 20.5 Å². The van der Waals surface area contributed by atoms with Gasteiger partial charge < -0.3 is 4.74 Å². The van der Waals surface area contributed by atoms with Crippen LogP contribution >= 0.6 is 35.0 Å². The minimum Gasteiger partial charge on any atom is -0.496 e. The molecule has 0 unspecified atom stereocenters. The van der Waals surface area contributed by atoms with Gasteiger partial charge in [-0.1, -0.05) is 41.4 Å². The molecule has 0 aliphatic carbocycles. The van der Waals surface area contributed by atoms with Crippen LogP contribution in [0.15, 0.2) is 41.3 Å². The Kier molecular flexibility index (Phi) is 5.61. The zero-order valence-electron chi connectivity index (χ0n) is 14.1. The summed E-state index contributed by atoms with van der Waals surface area (Å²) in [5.74, 6) is 0.386. The fraction of sp³-hybridized carbons (Fsp3) is 0.158. The van der Waals surface area contributed by atoms with Crippen LogP contribution in [0.5, 0.6) is 5.75 Å². The van der Waals surface area contributed by atoms with E-state index >= 15 is 0 Å². The van der Waals surface area contributed by atoms with Gasteiger partial charge >= 0.3 is 0 Å². The lowest BCUT2D eigenvalue weighted by atomic mass is 10.1. The maximum Gasteiger partial charge on any atom is 0.293 e. The minimum atomic E-state index is -0.342. The first-order valence-corrected chi connectivity index (χ1v) is 9.30. The van der Waals surface area contributed by atoms with Gasteiger partial charge in [0, 0.05) is 10.0 Å².